The Balaban J connectivity index is 3.04. The van der Waals surface area contributed by atoms with Crippen LogP contribution in [0.25, 0.3) is 0 Å². The first-order valence-electron chi connectivity index (χ1n) is 6.16. The average Bonchev–Trinajstić information content (AvgIpc) is 2.42. The number of nitrogens with zero attached hydrogens (tertiary/aromatic N) is 3. The first kappa shape index (κ1) is 15.9. The smallest absolute Gasteiger partial charge is 0.307 e. The molecule has 0 aromatic carbocycles. The van der Waals surface area contributed by atoms with E-state index >= 15 is 0 Å². The van der Waals surface area contributed by atoms with Crippen LogP contribution in [-0.4, -0.2) is 47.3 Å². The van der Waals surface area contributed by atoms with Crippen LogP contribution in [0.15, 0.2) is 4.79 Å². The third kappa shape index (κ3) is 3.23. The highest BCUT2D eigenvalue weighted by atomic mass is 16.5. The van der Waals surface area contributed by atoms with E-state index in [1.165, 1.54) is 19.1 Å². The molecule has 1 aromatic heterocycles. The summed E-state index contributed by atoms with van der Waals surface area (Å²) in [5, 5.41) is 4.02. The second-order valence-electron chi connectivity index (χ2n) is 4.57. The van der Waals surface area contributed by atoms with Crippen molar-refractivity contribution in [2.24, 2.45) is 7.05 Å². The number of aromatic nitrogens is 2. The van der Waals surface area contributed by atoms with Crippen LogP contribution >= 0.6 is 0 Å². The molecule has 0 radical (unpaired) electrons. The fourth-order valence-electron chi connectivity index (χ4n) is 1.75. The van der Waals surface area contributed by atoms with Crippen LogP contribution in [0.4, 0.5) is 0 Å². The first-order valence-corrected chi connectivity index (χ1v) is 6.16. The Bertz CT molecular complexity index is 592. The monoisotopic (exact) mass is 281 g/mol. The maximum absolute atomic E-state index is 12.3. The molecule has 0 atom stereocenters. The highest BCUT2D eigenvalue weighted by Gasteiger charge is 2.21. The predicted octanol–water partition coefficient (Wildman–Crippen LogP) is 0.0322. The average molecular weight is 281 g/mol. The molecule has 0 aliphatic heterocycles. The van der Waals surface area contributed by atoms with Gasteiger partial charge in [-0.3, -0.25) is 14.4 Å². The van der Waals surface area contributed by atoms with Crippen molar-refractivity contribution >= 4 is 11.9 Å². The van der Waals surface area contributed by atoms with E-state index in [0.29, 0.717) is 11.3 Å². The number of esters is 1. The van der Waals surface area contributed by atoms with Crippen molar-refractivity contribution < 1.29 is 14.3 Å². The summed E-state index contributed by atoms with van der Waals surface area (Å²) < 4.78 is 5.66. The zero-order valence-corrected chi connectivity index (χ0v) is 12.4. The van der Waals surface area contributed by atoms with Gasteiger partial charge in [-0.05, 0) is 19.4 Å². The lowest BCUT2D eigenvalue weighted by Crippen LogP contribution is -2.37. The van der Waals surface area contributed by atoms with Gasteiger partial charge in [-0.1, -0.05) is 0 Å². The molecular formula is C13H19N3O4. The van der Waals surface area contributed by atoms with Crippen LogP contribution in [-0.2, 0) is 16.6 Å². The lowest BCUT2D eigenvalue weighted by atomic mass is 10.1. The Morgan fingerprint density at radius 3 is 2.50 bits per heavy atom. The van der Waals surface area contributed by atoms with Gasteiger partial charge in [0.2, 0.25) is 0 Å². The maximum atomic E-state index is 12.3. The zero-order valence-electron chi connectivity index (χ0n) is 12.4. The van der Waals surface area contributed by atoms with Gasteiger partial charge in [0, 0.05) is 20.6 Å². The van der Waals surface area contributed by atoms with Gasteiger partial charge in [-0.25, -0.2) is 4.68 Å². The van der Waals surface area contributed by atoms with Gasteiger partial charge in [-0.15, -0.1) is 0 Å². The number of hydrogen-bond donors (Lipinski definition) is 0. The number of methoxy groups -OCH3 is 1. The molecule has 0 fully saturated rings. The number of ether oxygens (including phenoxy) is 1. The van der Waals surface area contributed by atoms with Crippen LogP contribution < -0.4 is 5.56 Å². The minimum Gasteiger partial charge on any atom is -0.469 e. The summed E-state index contributed by atoms with van der Waals surface area (Å²) in [6, 6.07) is 0. The minimum absolute atomic E-state index is 0.0855. The van der Waals surface area contributed by atoms with Gasteiger partial charge in [-0.2, -0.15) is 5.10 Å². The summed E-state index contributed by atoms with van der Waals surface area (Å²) >= 11 is 0. The molecule has 1 heterocycles. The van der Waals surface area contributed by atoms with E-state index in [0.717, 1.165) is 4.68 Å². The van der Waals surface area contributed by atoms with Gasteiger partial charge in [0.1, 0.15) is 5.56 Å². The normalized spacial score (nSPS) is 10.2. The molecule has 1 amide bonds. The Morgan fingerprint density at radius 1 is 1.35 bits per heavy atom. The summed E-state index contributed by atoms with van der Waals surface area (Å²) in [6.07, 6.45) is 0.0855. The molecule has 0 aliphatic carbocycles. The molecule has 7 heteroatoms. The Kier molecular flexibility index (Phi) is 5.01. The molecule has 0 saturated heterocycles. The fraction of sp³-hybridized carbons (Fsp3) is 0.538. The quantitative estimate of drug-likeness (QED) is 0.727. The van der Waals surface area contributed by atoms with Crippen LogP contribution in [0, 0.1) is 13.8 Å². The Hall–Kier alpha value is -2.18. The largest absolute Gasteiger partial charge is 0.469 e. The van der Waals surface area contributed by atoms with Crippen LogP contribution in [0.2, 0.25) is 0 Å². The molecule has 7 nitrogen and oxygen atoms in total. The van der Waals surface area contributed by atoms with Crippen molar-refractivity contribution in [3.05, 3.63) is 27.2 Å². The van der Waals surface area contributed by atoms with E-state index in [1.807, 2.05) is 0 Å². The second kappa shape index (κ2) is 6.31. The minimum atomic E-state index is -0.442. The highest BCUT2D eigenvalue weighted by molar-refractivity contribution is 5.95. The van der Waals surface area contributed by atoms with Gasteiger partial charge in [0.05, 0.1) is 19.2 Å². The van der Waals surface area contributed by atoms with Crippen molar-refractivity contribution in [3.8, 4) is 0 Å². The van der Waals surface area contributed by atoms with Crippen molar-refractivity contribution in [1.82, 2.24) is 14.7 Å². The number of amides is 1. The summed E-state index contributed by atoms with van der Waals surface area (Å²) in [7, 11) is 4.33. The Morgan fingerprint density at radius 2 is 1.95 bits per heavy atom. The molecule has 1 rings (SSSR count). The first-order chi connectivity index (χ1) is 9.29. The van der Waals surface area contributed by atoms with Crippen LogP contribution in [0.5, 0.6) is 0 Å². The lowest BCUT2D eigenvalue weighted by Gasteiger charge is -2.18. The number of aryl methyl sites for hydroxylation is 2. The molecule has 110 valence electrons. The number of carbonyl (C=O) groups excluding carboxylic acids is 2. The van der Waals surface area contributed by atoms with E-state index in [-0.39, 0.29) is 18.5 Å². The summed E-state index contributed by atoms with van der Waals surface area (Å²) in [6.45, 7) is 3.61. The van der Waals surface area contributed by atoms with Crippen molar-refractivity contribution in [1.29, 1.82) is 0 Å². The zero-order chi connectivity index (χ0) is 15.4. The predicted molar refractivity (Wildman–Crippen MR) is 72.5 cm³/mol. The van der Waals surface area contributed by atoms with Crippen LogP contribution in [0.3, 0.4) is 0 Å². The lowest BCUT2D eigenvalue weighted by molar-refractivity contribution is -0.140. The van der Waals surface area contributed by atoms with E-state index in [2.05, 4.69) is 9.84 Å². The second-order valence-corrected chi connectivity index (χ2v) is 4.57. The van der Waals surface area contributed by atoms with Gasteiger partial charge >= 0.3 is 5.97 Å². The third-order valence-corrected chi connectivity index (χ3v) is 3.17. The third-order valence-electron chi connectivity index (χ3n) is 3.17. The van der Waals surface area contributed by atoms with Gasteiger partial charge in [0.25, 0.3) is 11.5 Å². The molecule has 0 unspecified atom stereocenters. The molecule has 0 saturated carbocycles. The summed E-state index contributed by atoms with van der Waals surface area (Å²) in [5.74, 6) is -0.822. The summed E-state index contributed by atoms with van der Waals surface area (Å²) in [5.41, 5.74) is 0.829. The molecule has 20 heavy (non-hydrogen) atoms. The Labute approximate surface area is 117 Å². The fourth-order valence-corrected chi connectivity index (χ4v) is 1.75. The maximum Gasteiger partial charge on any atom is 0.307 e. The SMILES string of the molecule is COC(=O)CCN(C)C(=O)c1c(C)c(C)nn(C)c1=O. The number of carbonyl (C=O) groups is 2. The van der Waals surface area contributed by atoms with E-state index in [1.54, 1.807) is 20.9 Å². The van der Waals surface area contributed by atoms with E-state index < -0.39 is 17.4 Å². The van der Waals surface area contributed by atoms with E-state index in [9.17, 15) is 14.4 Å². The molecular weight excluding hydrogens is 262 g/mol. The number of hydrogen-bond acceptors (Lipinski definition) is 5. The van der Waals surface area contributed by atoms with Gasteiger partial charge < -0.3 is 9.64 Å². The molecule has 0 N–H and O–H groups in total. The van der Waals surface area contributed by atoms with E-state index in [4.69, 9.17) is 0 Å². The molecule has 1 aromatic rings. The molecule has 0 spiro atoms. The van der Waals surface area contributed by atoms with Crippen LogP contribution in [0.1, 0.15) is 28.0 Å². The van der Waals surface area contributed by atoms with Crippen molar-refractivity contribution in [2.45, 2.75) is 20.3 Å². The topological polar surface area (TPSA) is 81.5 Å². The highest BCUT2D eigenvalue weighted by Crippen LogP contribution is 2.08. The number of rotatable bonds is 4. The van der Waals surface area contributed by atoms with Crippen molar-refractivity contribution in [2.75, 3.05) is 20.7 Å². The van der Waals surface area contributed by atoms with Crippen molar-refractivity contribution in [3.63, 3.8) is 0 Å². The summed E-state index contributed by atoms with van der Waals surface area (Å²) in [4.78, 5) is 36.8. The molecule has 0 bridgehead atoms. The molecule has 0 aliphatic rings. The van der Waals surface area contributed by atoms with Gasteiger partial charge in [0.15, 0.2) is 0 Å². The standard InChI is InChI=1S/C13H19N3O4/c1-8-9(2)14-16(4)13(19)11(8)12(18)15(3)7-6-10(17)20-5/h6-7H2,1-5H3.